The first-order valence-electron chi connectivity index (χ1n) is 8.69. The van der Waals surface area contributed by atoms with E-state index in [9.17, 15) is 4.79 Å². The van der Waals surface area contributed by atoms with Crippen molar-refractivity contribution in [3.05, 3.63) is 68.8 Å². The Hall–Kier alpha value is -2.07. The molecule has 0 fully saturated rings. The number of anilines is 2. The van der Waals surface area contributed by atoms with E-state index in [1.54, 1.807) is 0 Å². The predicted molar refractivity (Wildman–Crippen MR) is 106 cm³/mol. The number of hydrogen-bond acceptors (Lipinski definition) is 3. The van der Waals surface area contributed by atoms with Gasteiger partial charge in [0.05, 0.1) is 17.4 Å². The Morgan fingerprint density at radius 2 is 1.68 bits per heavy atom. The lowest BCUT2D eigenvalue weighted by atomic mass is 9.87. The van der Waals surface area contributed by atoms with Gasteiger partial charge >= 0.3 is 0 Å². The first-order chi connectivity index (χ1) is 12.0. The molecule has 0 amide bonds. The number of ketones is 1. The molecule has 1 atom stereocenters. The SMILES string of the molecule is Cc1cc2c(cc1C)NC(c1ccc(Br)cc1)C1=C(CCCC1=O)N2. The van der Waals surface area contributed by atoms with Gasteiger partial charge in [0.2, 0.25) is 0 Å². The van der Waals surface area contributed by atoms with Crippen molar-refractivity contribution < 1.29 is 4.79 Å². The molecule has 0 radical (unpaired) electrons. The zero-order chi connectivity index (χ0) is 17.6. The van der Waals surface area contributed by atoms with Gasteiger partial charge in [-0.25, -0.2) is 0 Å². The van der Waals surface area contributed by atoms with Crippen molar-refractivity contribution in [3.63, 3.8) is 0 Å². The number of allylic oxidation sites excluding steroid dienone is 1. The number of Topliss-reactive ketones (excluding diaryl/α,β-unsaturated/α-hetero) is 1. The normalized spacial score (nSPS) is 19.5. The summed E-state index contributed by atoms with van der Waals surface area (Å²) in [5.41, 5.74) is 7.67. The Morgan fingerprint density at radius 3 is 2.40 bits per heavy atom. The van der Waals surface area contributed by atoms with Crippen LogP contribution in [0, 0.1) is 13.8 Å². The van der Waals surface area contributed by atoms with Crippen LogP contribution < -0.4 is 10.6 Å². The van der Waals surface area contributed by atoms with Crippen molar-refractivity contribution in [3.8, 4) is 0 Å². The Balaban J connectivity index is 1.88. The molecule has 4 heteroatoms. The molecule has 1 unspecified atom stereocenters. The van der Waals surface area contributed by atoms with E-state index in [2.05, 4.69) is 64.7 Å². The van der Waals surface area contributed by atoms with Crippen LogP contribution in [0.15, 0.2) is 52.1 Å². The van der Waals surface area contributed by atoms with Crippen molar-refractivity contribution in [2.45, 2.75) is 39.2 Å². The van der Waals surface area contributed by atoms with Gasteiger partial charge in [0.1, 0.15) is 0 Å². The summed E-state index contributed by atoms with van der Waals surface area (Å²) >= 11 is 3.50. The summed E-state index contributed by atoms with van der Waals surface area (Å²) in [6.45, 7) is 4.24. The third-order valence-corrected chi connectivity index (χ3v) is 5.70. The van der Waals surface area contributed by atoms with Crippen molar-refractivity contribution >= 4 is 33.1 Å². The molecule has 4 rings (SSSR count). The predicted octanol–water partition coefficient (Wildman–Crippen LogP) is 5.65. The Kier molecular flexibility index (Phi) is 4.16. The van der Waals surface area contributed by atoms with Gasteiger partial charge in [0.15, 0.2) is 5.78 Å². The minimum atomic E-state index is -0.119. The second-order valence-electron chi connectivity index (χ2n) is 6.90. The lowest BCUT2D eigenvalue weighted by Crippen LogP contribution is -2.23. The fourth-order valence-electron chi connectivity index (χ4n) is 3.66. The van der Waals surface area contributed by atoms with E-state index in [-0.39, 0.29) is 11.8 Å². The van der Waals surface area contributed by atoms with Crippen molar-refractivity contribution in [1.29, 1.82) is 0 Å². The lowest BCUT2D eigenvalue weighted by molar-refractivity contribution is -0.116. The van der Waals surface area contributed by atoms with E-state index in [0.717, 1.165) is 45.5 Å². The third-order valence-electron chi connectivity index (χ3n) is 5.17. The number of carbonyl (C=O) groups excluding carboxylic acids is 1. The summed E-state index contributed by atoms with van der Waals surface area (Å²) in [5.74, 6) is 0.246. The first-order valence-corrected chi connectivity index (χ1v) is 9.49. The molecule has 0 saturated carbocycles. The van der Waals surface area contributed by atoms with Crippen molar-refractivity contribution in [1.82, 2.24) is 0 Å². The number of nitrogens with one attached hydrogen (secondary N) is 2. The van der Waals surface area contributed by atoms with Gasteiger partial charge in [-0.05, 0) is 67.6 Å². The van der Waals surface area contributed by atoms with E-state index < -0.39 is 0 Å². The van der Waals surface area contributed by atoms with Crippen molar-refractivity contribution in [2.75, 3.05) is 10.6 Å². The number of hydrogen-bond donors (Lipinski definition) is 2. The quantitative estimate of drug-likeness (QED) is 0.653. The summed E-state index contributed by atoms with van der Waals surface area (Å²) in [7, 11) is 0. The zero-order valence-electron chi connectivity index (χ0n) is 14.4. The molecule has 0 spiro atoms. The largest absolute Gasteiger partial charge is 0.372 e. The van der Waals surface area contributed by atoms with E-state index in [0.29, 0.717) is 6.42 Å². The summed E-state index contributed by atoms with van der Waals surface area (Å²) in [6, 6.07) is 12.5. The number of benzene rings is 2. The molecule has 0 saturated heterocycles. The highest BCUT2D eigenvalue weighted by atomic mass is 79.9. The molecule has 2 aromatic carbocycles. The van der Waals surface area contributed by atoms with Crippen LogP contribution in [0.2, 0.25) is 0 Å². The number of carbonyl (C=O) groups is 1. The fourth-order valence-corrected chi connectivity index (χ4v) is 3.93. The van der Waals surface area contributed by atoms with Crippen LogP contribution in [0.3, 0.4) is 0 Å². The molecule has 0 bridgehead atoms. The van der Waals surface area contributed by atoms with Crippen LogP contribution in [0.25, 0.3) is 0 Å². The van der Waals surface area contributed by atoms with Crippen LogP contribution in [0.1, 0.15) is 42.0 Å². The second-order valence-corrected chi connectivity index (χ2v) is 7.82. The van der Waals surface area contributed by atoms with Crippen LogP contribution in [-0.2, 0) is 4.79 Å². The standard InChI is InChI=1S/C21H21BrN2O/c1-12-10-17-18(11-13(12)2)24-21(14-6-8-15(22)9-7-14)20-16(23-17)4-3-5-19(20)25/h6-11,21,23-24H,3-5H2,1-2H3. The Labute approximate surface area is 156 Å². The molecule has 3 nitrogen and oxygen atoms in total. The maximum Gasteiger partial charge on any atom is 0.163 e. The summed E-state index contributed by atoms with van der Waals surface area (Å²) in [5, 5.41) is 7.19. The topological polar surface area (TPSA) is 41.1 Å². The number of halogens is 1. The zero-order valence-corrected chi connectivity index (χ0v) is 16.0. The van der Waals surface area contributed by atoms with Gasteiger partial charge in [0.25, 0.3) is 0 Å². The molecule has 2 N–H and O–H groups in total. The number of aryl methyl sites for hydroxylation is 2. The molecule has 2 aliphatic rings. The molecule has 0 aromatic heterocycles. The Morgan fingerprint density at radius 1 is 1.00 bits per heavy atom. The van der Waals surface area contributed by atoms with Crippen LogP contribution in [0.5, 0.6) is 0 Å². The summed E-state index contributed by atoms with van der Waals surface area (Å²) < 4.78 is 1.04. The van der Waals surface area contributed by atoms with E-state index >= 15 is 0 Å². The number of rotatable bonds is 1. The molecular formula is C21H21BrN2O. The highest BCUT2D eigenvalue weighted by molar-refractivity contribution is 9.10. The minimum absolute atomic E-state index is 0.119. The summed E-state index contributed by atoms with van der Waals surface area (Å²) in [6.07, 6.45) is 2.46. The summed E-state index contributed by atoms with van der Waals surface area (Å²) in [4.78, 5) is 12.8. The van der Waals surface area contributed by atoms with E-state index in [1.165, 1.54) is 11.1 Å². The van der Waals surface area contributed by atoms with Gasteiger partial charge < -0.3 is 10.6 Å². The van der Waals surface area contributed by atoms with Crippen LogP contribution in [0.4, 0.5) is 11.4 Å². The smallest absolute Gasteiger partial charge is 0.163 e. The van der Waals surface area contributed by atoms with Gasteiger partial charge in [0, 0.05) is 22.2 Å². The molecule has 1 aliphatic carbocycles. The second kappa shape index (κ2) is 6.34. The van der Waals surface area contributed by atoms with Crippen LogP contribution >= 0.6 is 15.9 Å². The molecule has 1 heterocycles. The molecule has 128 valence electrons. The monoisotopic (exact) mass is 396 g/mol. The average Bonchev–Trinajstić information content (AvgIpc) is 2.74. The molecule has 1 aliphatic heterocycles. The first kappa shape index (κ1) is 16.4. The Bertz CT molecular complexity index is 884. The molecular weight excluding hydrogens is 376 g/mol. The van der Waals surface area contributed by atoms with Gasteiger partial charge in [-0.1, -0.05) is 28.1 Å². The van der Waals surface area contributed by atoms with E-state index in [4.69, 9.17) is 0 Å². The van der Waals surface area contributed by atoms with Gasteiger partial charge in [-0.3, -0.25) is 4.79 Å². The van der Waals surface area contributed by atoms with E-state index in [1.807, 2.05) is 12.1 Å². The molecule has 25 heavy (non-hydrogen) atoms. The number of fused-ring (bicyclic) bond motifs is 1. The third kappa shape index (κ3) is 2.99. The fraction of sp³-hybridized carbons (Fsp3) is 0.286. The van der Waals surface area contributed by atoms with Crippen molar-refractivity contribution in [2.24, 2.45) is 0 Å². The maximum absolute atomic E-state index is 12.8. The van der Waals surface area contributed by atoms with Gasteiger partial charge in [-0.15, -0.1) is 0 Å². The maximum atomic E-state index is 12.8. The molecule has 2 aromatic rings. The van der Waals surface area contributed by atoms with Crippen LogP contribution in [-0.4, -0.2) is 5.78 Å². The highest BCUT2D eigenvalue weighted by Crippen LogP contribution is 2.41. The lowest BCUT2D eigenvalue weighted by Gasteiger charge is -2.25. The average molecular weight is 397 g/mol. The minimum Gasteiger partial charge on any atom is -0.372 e. The highest BCUT2D eigenvalue weighted by Gasteiger charge is 2.32. The van der Waals surface area contributed by atoms with Gasteiger partial charge in [-0.2, -0.15) is 0 Å².